The zero-order valence-electron chi connectivity index (χ0n) is 17.2. The first-order valence-electron chi connectivity index (χ1n) is 10.0. The quantitative estimate of drug-likeness (QED) is 0.438. The molecule has 0 spiro atoms. The molecule has 7 nitrogen and oxygen atoms in total. The van der Waals surface area contributed by atoms with Crippen molar-refractivity contribution in [3.8, 4) is 0 Å². The minimum absolute atomic E-state index is 0.165. The Balaban J connectivity index is 1.53. The molecule has 9 heteroatoms. The van der Waals surface area contributed by atoms with Gasteiger partial charge in [-0.2, -0.15) is 4.39 Å². The third-order valence-electron chi connectivity index (χ3n) is 5.24. The second-order valence-corrected chi connectivity index (χ2v) is 8.73. The maximum absolute atomic E-state index is 13.9. The van der Waals surface area contributed by atoms with Gasteiger partial charge < -0.3 is 0 Å². The van der Waals surface area contributed by atoms with Crippen molar-refractivity contribution in [2.24, 2.45) is 0 Å². The number of carbonyl (C=O) groups is 2. The molecule has 164 valence electrons. The van der Waals surface area contributed by atoms with E-state index in [1.54, 1.807) is 24.3 Å². The second-order valence-electron chi connectivity index (χ2n) is 7.48. The Labute approximate surface area is 186 Å². The second kappa shape index (κ2) is 8.96. The van der Waals surface area contributed by atoms with Crippen molar-refractivity contribution in [3.63, 3.8) is 0 Å². The number of aryl methyl sites for hydroxylation is 1. The molecule has 3 aromatic rings. The number of rotatable bonds is 7. The molecular formula is C23H20FN3O4S. The molecule has 0 bridgehead atoms. The lowest BCUT2D eigenvalue weighted by Crippen LogP contribution is -2.34. The Bertz CT molecular complexity index is 1260. The fourth-order valence-corrected chi connectivity index (χ4v) is 4.73. The number of imide groups is 1. The van der Waals surface area contributed by atoms with E-state index >= 15 is 0 Å². The van der Waals surface area contributed by atoms with E-state index < -0.39 is 22.4 Å². The van der Waals surface area contributed by atoms with Gasteiger partial charge in [-0.05, 0) is 44.0 Å². The van der Waals surface area contributed by atoms with Crippen LogP contribution in [0.4, 0.5) is 4.39 Å². The Hall–Kier alpha value is -3.46. The highest BCUT2D eigenvalue weighted by Gasteiger charge is 2.34. The SMILES string of the molecule is Cc1ccc(SC(CCCN2C(=O)c3ccccc3C2=O)n2cc(F)c(=O)[nH]c2=O)cc1. The van der Waals surface area contributed by atoms with Gasteiger partial charge in [0.1, 0.15) is 0 Å². The van der Waals surface area contributed by atoms with Crippen molar-refractivity contribution in [3.05, 3.63) is 98.1 Å². The van der Waals surface area contributed by atoms with E-state index in [9.17, 15) is 23.6 Å². The number of hydrogen-bond acceptors (Lipinski definition) is 5. The van der Waals surface area contributed by atoms with Crippen LogP contribution in [0.3, 0.4) is 0 Å². The third kappa shape index (κ3) is 4.29. The van der Waals surface area contributed by atoms with E-state index in [1.807, 2.05) is 36.2 Å². The van der Waals surface area contributed by atoms with Crippen LogP contribution in [-0.4, -0.2) is 32.8 Å². The number of amides is 2. The van der Waals surface area contributed by atoms with Gasteiger partial charge in [-0.3, -0.25) is 28.8 Å². The van der Waals surface area contributed by atoms with Crippen LogP contribution in [0.2, 0.25) is 0 Å². The molecule has 1 unspecified atom stereocenters. The van der Waals surface area contributed by atoms with Gasteiger partial charge in [0.25, 0.3) is 17.4 Å². The summed E-state index contributed by atoms with van der Waals surface area (Å²) >= 11 is 1.34. The van der Waals surface area contributed by atoms with Crippen molar-refractivity contribution in [2.75, 3.05) is 6.54 Å². The molecule has 1 aromatic heterocycles. The predicted octanol–water partition coefficient (Wildman–Crippen LogP) is 3.35. The number of nitrogens with one attached hydrogen (secondary N) is 1. The van der Waals surface area contributed by atoms with Crippen molar-refractivity contribution in [2.45, 2.75) is 30.0 Å². The van der Waals surface area contributed by atoms with Crippen LogP contribution in [0, 0.1) is 12.7 Å². The van der Waals surface area contributed by atoms with Crippen LogP contribution in [0.15, 0.2) is 69.2 Å². The highest BCUT2D eigenvalue weighted by Crippen LogP contribution is 2.34. The van der Waals surface area contributed by atoms with Gasteiger partial charge >= 0.3 is 5.69 Å². The lowest BCUT2D eigenvalue weighted by molar-refractivity contribution is 0.0651. The molecule has 1 atom stereocenters. The minimum atomic E-state index is -1.07. The van der Waals surface area contributed by atoms with E-state index in [0.717, 1.165) is 21.2 Å². The summed E-state index contributed by atoms with van der Waals surface area (Å²) in [6, 6.07) is 14.3. The number of aromatic amines is 1. The number of benzene rings is 2. The van der Waals surface area contributed by atoms with E-state index in [0.29, 0.717) is 24.0 Å². The van der Waals surface area contributed by atoms with Crippen LogP contribution >= 0.6 is 11.8 Å². The lowest BCUT2D eigenvalue weighted by atomic mass is 10.1. The summed E-state index contributed by atoms with van der Waals surface area (Å²) in [5.74, 6) is -1.75. The number of fused-ring (bicyclic) bond motifs is 1. The lowest BCUT2D eigenvalue weighted by Gasteiger charge is -2.21. The Morgan fingerprint density at radius 1 is 0.969 bits per heavy atom. The number of carbonyl (C=O) groups excluding carboxylic acids is 2. The molecular weight excluding hydrogens is 433 g/mol. The molecule has 2 heterocycles. The average molecular weight is 453 g/mol. The van der Waals surface area contributed by atoms with E-state index in [1.165, 1.54) is 16.7 Å². The number of thioether (sulfide) groups is 1. The van der Waals surface area contributed by atoms with E-state index in [2.05, 4.69) is 0 Å². The monoisotopic (exact) mass is 453 g/mol. The number of halogens is 1. The van der Waals surface area contributed by atoms with Gasteiger partial charge in [-0.15, -0.1) is 11.8 Å². The molecule has 4 rings (SSSR count). The van der Waals surface area contributed by atoms with Crippen LogP contribution in [0.1, 0.15) is 44.5 Å². The topological polar surface area (TPSA) is 92.2 Å². The minimum Gasteiger partial charge on any atom is -0.285 e. The number of nitrogens with zero attached hydrogens (tertiary/aromatic N) is 2. The maximum atomic E-state index is 13.9. The number of hydrogen-bond donors (Lipinski definition) is 1. The van der Waals surface area contributed by atoms with Crippen molar-refractivity contribution in [1.82, 2.24) is 14.5 Å². The van der Waals surface area contributed by atoms with Gasteiger partial charge in [-0.25, -0.2) is 4.79 Å². The van der Waals surface area contributed by atoms with E-state index in [4.69, 9.17) is 0 Å². The standard InChI is InChI=1S/C23H20FN3O4S/c1-14-8-10-15(11-9-14)32-19(27-13-18(24)20(28)25-23(27)31)7-4-12-26-21(29)16-5-2-3-6-17(16)22(26)30/h2-3,5-6,8-11,13,19H,4,7,12H2,1H3,(H,25,28,31). The highest BCUT2D eigenvalue weighted by atomic mass is 32.2. The van der Waals surface area contributed by atoms with Gasteiger partial charge in [0.2, 0.25) is 5.82 Å². The molecule has 0 radical (unpaired) electrons. The molecule has 0 saturated carbocycles. The molecule has 1 aliphatic heterocycles. The summed E-state index contributed by atoms with van der Waals surface area (Å²) in [6.45, 7) is 2.12. The van der Waals surface area contributed by atoms with Crippen molar-refractivity contribution < 1.29 is 14.0 Å². The molecule has 1 aliphatic rings. The zero-order valence-corrected chi connectivity index (χ0v) is 18.0. The van der Waals surface area contributed by atoms with Gasteiger partial charge in [-0.1, -0.05) is 29.8 Å². The molecule has 2 aromatic carbocycles. The Morgan fingerprint density at radius 2 is 1.59 bits per heavy atom. The summed E-state index contributed by atoms with van der Waals surface area (Å²) in [5, 5.41) is -0.549. The smallest absolute Gasteiger partial charge is 0.285 e. The third-order valence-corrected chi connectivity index (χ3v) is 6.52. The molecule has 0 aliphatic carbocycles. The molecule has 2 amide bonds. The Kier molecular flexibility index (Phi) is 6.09. The van der Waals surface area contributed by atoms with Gasteiger partial charge in [0.05, 0.1) is 22.7 Å². The van der Waals surface area contributed by atoms with Crippen LogP contribution in [0.5, 0.6) is 0 Å². The number of aromatic nitrogens is 2. The first kappa shape index (κ1) is 21.8. The predicted molar refractivity (Wildman–Crippen MR) is 118 cm³/mol. The summed E-state index contributed by atoms with van der Waals surface area (Å²) in [6.07, 6.45) is 1.65. The van der Waals surface area contributed by atoms with Crippen LogP contribution in [-0.2, 0) is 0 Å². The number of H-pyrrole nitrogens is 1. The van der Waals surface area contributed by atoms with Crippen molar-refractivity contribution in [1.29, 1.82) is 0 Å². The summed E-state index contributed by atoms with van der Waals surface area (Å²) in [7, 11) is 0. The summed E-state index contributed by atoms with van der Waals surface area (Å²) in [4.78, 5) is 53.0. The molecule has 0 fully saturated rings. The summed E-state index contributed by atoms with van der Waals surface area (Å²) in [5.41, 5.74) is 0.0332. The molecule has 0 saturated heterocycles. The van der Waals surface area contributed by atoms with Crippen LogP contribution in [0.25, 0.3) is 0 Å². The normalized spacial score (nSPS) is 14.0. The molecule has 32 heavy (non-hydrogen) atoms. The van der Waals surface area contributed by atoms with Crippen LogP contribution < -0.4 is 11.2 Å². The Morgan fingerprint density at radius 3 is 2.22 bits per heavy atom. The van der Waals surface area contributed by atoms with Crippen molar-refractivity contribution >= 4 is 23.6 Å². The largest absolute Gasteiger partial charge is 0.329 e. The first-order valence-corrected chi connectivity index (χ1v) is 10.9. The zero-order chi connectivity index (χ0) is 22.8. The summed E-state index contributed by atoms with van der Waals surface area (Å²) < 4.78 is 15.1. The van der Waals surface area contributed by atoms with Gasteiger partial charge in [0.15, 0.2) is 0 Å². The highest BCUT2D eigenvalue weighted by molar-refractivity contribution is 7.99. The van der Waals surface area contributed by atoms with Gasteiger partial charge in [0, 0.05) is 11.4 Å². The fourth-order valence-electron chi connectivity index (χ4n) is 3.57. The molecule has 1 N–H and O–H groups in total. The van der Waals surface area contributed by atoms with E-state index in [-0.39, 0.29) is 18.4 Å². The average Bonchev–Trinajstić information content (AvgIpc) is 3.02. The fraction of sp³-hybridized carbons (Fsp3) is 0.217. The maximum Gasteiger partial charge on any atom is 0.329 e. The first-order chi connectivity index (χ1) is 15.3.